The lowest BCUT2D eigenvalue weighted by molar-refractivity contribution is 0.0491. The Morgan fingerprint density at radius 2 is 2.25 bits per heavy atom. The van der Waals surface area contributed by atoms with Gasteiger partial charge in [-0.1, -0.05) is 0 Å². The van der Waals surface area contributed by atoms with Crippen molar-refractivity contribution in [2.24, 2.45) is 0 Å². The van der Waals surface area contributed by atoms with Crippen LogP contribution in [0.15, 0.2) is 27.5 Å². The van der Waals surface area contributed by atoms with E-state index in [9.17, 15) is 4.79 Å². The highest BCUT2D eigenvalue weighted by Gasteiger charge is 2.18. The number of fused-ring (bicyclic) bond motifs is 1. The molecule has 0 saturated heterocycles. The second kappa shape index (κ2) is 4.22. The van der Waals surface area contributed by atoms with Gasteiger partial charge in [-0.05, 0) is 32.0 Å². The Labute approximate surface area is 98.8 Å². The second-order valence-electron chi connectivity index (χ2n) is 3.46. The van der Waals surface area contributed by atoms with E-state index in [-0.39, 0.29) is 5.76 Å². The Morgan fingerprint density at radius 1 is 1.50 bits per heavy atom. The maximum atomic E-state index is 11.6. The predicted octanol–water partition coefficient (Wildman–Crippen LogP) is 3.21. The summed E-state index contributed by atoms with van der Waals surface area (Å²) in [5, 5.41) is 0.917. The zero-order chi connectivity index (χ0) is 11.7. The number of ether oxygens (including phenoxy) is 1. The van der Waals surface area contributed by atoms with Crippen LogP contribution in [-0.4, -0.2) is 12.6 Å². The summed E-state index contributed by atoms with van der Waals surface area (Å²) >= 11 is 4.22. The monoisotopic (exact) mass is 236 g/mol. The number of aryl methyl sites for hydroxylation is 1. The third kappa shape index (κ3) is 1.80. The van der Waals surface area contributed by atoms with E-state index < -0.39 is 5.97 Å². The van der Waals surface area contributed by atoms with E-state index in [1.165, 1.54) is 0 Å². The van der Waals surface area contributed by atoms with E-state index in [4.69, 9.17) is 9.15 Å². The number of hydrogen-bond donors (Lipinski definition) is 1. The summed E-state index contributed by atoms with van der Waals surface area (Å²) in [7, 11) is 0. The molecule has 4 heteroatoms. The molecule has 2 aromatic rings. The fourth-order valence-electron chi connectivity index (χ4n) is 1.61. The third-order valence-electron chi connectivity index (χ3n) is 2.38. The average molecular weight is 236 g/mol. The Morgan fingerprint density at radius 3 is 2.94 bits per heavy atom. The van der Waals surface area contributed by atoms with Gasteiger partial charge in [0.05, 0.1) is 6.61 Å². The molecule has 3 nitrogen and oxygen atoms in total. The molecule has 0 aliphatic rings. The molecule has 1 aromatic carbocycles. The molecule has 0 saturated carbocycles. The van der Waals surface area contributed by atoms with Gasteiger partial charge in [-0.15, -0.1) is 12.6 Å². The summed E-state index contributed by atoms with van der Waals surface area (Å²) in [6.07, 6.45) is 0. The zero-order valence-corrected chi connectivity index (χ0v) is 10.0. The molecule has 0 aliphatic carbocycles. The van der Waals surface area contributed by atoms with E-state index in [0.29, 0.717) is 12.2 Å². The maximum Gasteiger partial charge on any atom is 0.374 e. The molecule has 0 bridgehead atoms. The van der Waals surface area contributed by atoms with Gasteiger partial charge >= 0.3 is 5.97 Å². The van der Waals surface area contributed by atoms with Gasteiger partial charge in [0.15, 0.2) is 0 Å². The van der Waals surface area contributed by atoms with E-state index in [0.717, 1.165) is 15.8 Å². The molecule has 0 atom stereocenters. The number of hydrogen-bond acceptors (Lipinski definition) is 4. The fraction of sp³-hybridized carbons (Fsp3) is 0.250. The van der Waals surface area contributed by atoms with Crippen molar-refractivity contribution in [2.75, 3.05) is 6.61 Å². The first-order chi connectivity index (χ1) is 7.63. The first-order valence-corrected chi connectivity index (χ1v) is 5.47. The highest BCUT2D eigenvalue weighted by molar-refractivity contribution is 7.80. The number of benzene rings is 1. The topological polar surface area (TPSA) is 39.4 Å². The standard InChI is InChI=1S/C12H12O3S/c1-3-14-12(13)11-7(2)9-5-4-8(16)6-10(9)15-11/h4-6,16H,3H2,1-2H3. The van der Waals surface area contributed by atoms with Gasteiger partial charge in [0, 0.05) is 15.8 Å². The number of rotatable bonds is 2. The van der Waals surface area contributed by atoms with Crippen molar-refractivity contribution in [3.05, 3.63) is 29.5 Å². The van der Waals surface area contributed by atoms with Crippen LogP contribution >= 0.6 is 12.6 Å². The molecule has 0 amide bonds. The summed E-state index contributed by atoms with van der Waals surface area (Å²) < 4.78 is 10.4. The molecule has 0 aliphatic heterocycles. The molecule has 0 fully saturated rings. The van der Waals surface area contributed by atoms with E-state index in [1.54, 1.807) is 13.0 Å². The quantitative estimate of drug-likeness (QED) is 0.643. The fourth-order valence-corrected chi connectivity index (χ4v) is 1.80. The van der Waals surface area contributed by atoms with E-state index >= 15 is 0 Å². The summed E-state index contributed by atoms with van der Waals surface area (Å²) in [5.74, 6) is -0.146. The molecule has 2 rings (SSSR count). The largest absolute Gasteiger partial charge is 0.460 e. The van der Waals surface area contributed by atoms with Crippen LogP contribution in [0.2, 0.25) is 0 Å². The lowest BCUT2D eigenvalue weighted by Gasteiger charge is -1.97. The highest BCUT2D eigenvalue weighted by Crippen LogP contribution is 2.27. The lowest BCUT2D eigenvalue weighted by atomic mass is 10.1. The van der Waals surface area contributed by atoms with Crippen molar-refractivity contribution in [2.45, 2.75) is 18.7 Å². The van der Waals surface area contributed by atoms with Gasteiger partial charge in [0.25, 0.3) is 0 Å². The number of thiol groups is 1. The first-order valence-electron chi connectivity index (χ1n) is 5.02. The minimum Gasteiger partial charge on any atom is -0.460 e. The number of carbonyl (C=O) groups excluding carboxylic acids is 1. The minimum absolute atomic E-state index is 0.274. The van der Waals surface area contributed by atoms with Gasteiger partial charge in [-0.25, -0.2) is 4.79 Å². The Kier molecular flexibility index (Phi) is 2.92. The van der Waals surface area contributed by atoms with Crippen LogP contribution in [0, 0.1) is 6.92 Å². The summed E-state index contributed by atoms with van der Waals surface area (Å²) in [5.41, 5.74) is 1.47. The lowest BCUT2D eigenvalue weighted by Crippen LogP contribution is -2.04. The summed E-state index contributed by atoms with van der Waals surface area (Å²) in [4.78, 5) is 12.4. The predicted molar refractivity (Wildman–Crippen MR) is 64.2 cm³/mol. The average Bonchev–Trinajstić information content (AvgIpc) is 2.56. The molecule has 0 unspecified atom stereocenters. The molecular formula is C12H12O3S. The van der Waals surface area contributed by atoms with Crippen LogP contribution in [0.4, 0.5) is 0 Å². The summed E-state index contributed by atoms with van der Waals surface area (Å²) in [6.45, 7) is 3.95. The van der Waals surface area contributed by atoms with Crippen LogP contribution in [-0.2, 0) is 4.74 Å². The molecule has 1 heterocycles. The Balaban J connectivity index is 2.55. The molecule has 84 valence electrons. The molecule has 1 aromatic heterocycles. The maximum absolute atomic E-state index is 11.6. The first kappa shape index (κ1) is 11.1. The van der Waals surface area contributed by atoms with Crippen molar-refractivity contribution >= 4 is 29.6 Å². The normalized spacial score (nSPS) is 10.7. The van der Waals surface area contributed by atoms with Gasteiger partial charge < -0.3 is 9.15 Å². The van der Waals surface area contributed by atoms with Crippen molar-refractivity contribution in [3.8, 4) is 0 Å². The number of furan rings is 1. The van der Waals surface area contributed by atoms with E-state index in [1.807, 2.05) is 19.1 Å². The van der Waals surface area contributed by atoms with Gasteiger partial charge in [-0.2, -0.15) is 0 Å². The minimum atomic E-state index is -0.420. The molecule has 0 spiro atoms. The van der Waals surface area contributed by atoms with Gasteiger partial charge in [0.1, 0.15) is 5.58 Å². The van der Waals surface area contributed by atoms with Crippen molar-refractivity contribution in [1.82, 2.24) is 0 Å². The van der Waals surface area contributed by atoms with Crippen LogP contribution in [0.1, 0.15) is 23.0 Å². The number of esters is 1. The zero-order valence-electron chi connectivity index (χ0n) is 9.11. The smallest absolute Gasteiger partial charge is 0.374 e. The van der Waals surface area contributed by atoms with Crippen LogP contribution < -0.4 is 0 Å². The van der Waals surface area contributed by atoms with Gasteiger partial charge in [-0.3, -0.25) is 0 Å². The third-order valence-corrected chi connectivity index (χ3v) is 2.66. The van der Waals surface area contributed by atoms with Crippen LogP contribution in [0.5, 0.6) is 0 Å². The Bertz CT molecular complexity index is 542. The molecule has 0 N–H and O–H groups in total. The van der Waals surface area contributed by atoms with Crippen molar-refractivity contribution < 1.29 is 13.9 Å². The highest BCUT2D eigenvalue weighted by atomic mass is 32.1. The van der Waals surface area contributed by atoms with Crippen LogP contribution in [0.3, 0.4) is 0 Å². The SMILES string of the molecule is CCOC(=O)c1oc2cc(S)ccc2c1C. The second-order valence-corrected chi connectivity index (χ2v) is 3.97. The number of carbonyl (C=O) groups is 1. The van der Waals surface area contributed by atoms with Crippen LogP contribution in [0.25, 0.3) is 11.0 Å². The molecule has 16 heavy (non-hydrogen) atoms. The molecular weight excluding hydrogens is 224 g/mol. The van der Waals surface area contributed by atoms with Crippen molar-refractivity contribution in [3.63, 3.8) is 0 Å². The van der Waals surface area contributed by atoms with Crippen molar-refractivity contribution in [1.29, 1.82) is 0 Å². The molecule has 0 radical (unpaired) electrons. The summed E-state index contributed by atoms with van der Waals surface area (Å²) in [6, 6.07) is 5.54. The van der Waals surface area contributed by atoms with Gasteiger partial charge in [0.2, 0.25) is 5.76 Å². The van der Waals surface area contributed by atoms with E-state index in [2.05, 4.69) is 12.6 Å². The Hall–Kier alpha value is -1.42.